The Kier molecular flexibility index (Phi) is 5.46. The van der Waals surface area contributed by atoms with E-state index in [4.69, 9.17) is 9.15 Å². The van der Waals surface area contributed by atoms with Crippen molar-refractivity contribution in [2.75, 3.05) is 11.9 Å². The number of anilines is 1. The molecule has 1 aliphatic carbocycles. The molecule has 0 radical (unpaired) electrons. The van der Waals surface area contributed by atoms with E-state index < -0.39 is 5.97 Å². The number of ether oxygens (including phenoxy) is 1. The van der Waals surface area contributed by atoms with Gasteiger partial charge in [-0.05, 0) is 74.0 Å². The fourth-order valence-corrected chi connectivity index (χ4v) is 3.72. The number of aromatic nitrogens is 1. The molecule has 0 fully saturated rings. The molecule has 0 bridgehead atoms. The van der Waals surface area contributed by atoms with Gasteiger partial charge in [-0.25, -0.2) is 9.78 Å². The number of esters is 1. The van der Waals surface area contributed by atoms with Crippen molar-refractivity contribution in [3.8, 4) is 0 Å². The Morgan fingerprint density at radius 1 is 1.27 bits per heavy atom. The van der Waals surface area contributed by atoms with Gasteiger partial charge in [-0.15, -0.1) is 0 Å². The van der Waals surface area contributed by atoms with Gasteiger partial charge < -0.3 is 14.5 Å². The standard InChI is InChI=1S/C19H21BrN2O4/c1-4-25-19(24)13-9-12-7-5-6-8-14(12)21-17(13)22-18(23)15-10(2)26-11(3)16(15)20/h9H,4-8H2,1-3H3,(H,21,22,23). The van der Waals surface area contributed by atoms with Crippen LogP contribution in [0.4, 0.5) is 5.82 Å². The zero-order chi connectivity index (χ0) is 18.8. The van der Waals surface area contributed by atoms with Crippen LogP contribution in [0.5, 0.6) is 0 Å². The summed E-state index contributed by atoms with van der Waals surface area (Å²) in [5.74, 6) is 0.501. The average molecular weight is 421 g/mol. The largest absolute Gasteiger partial charge is 0.465 e. The van der Waals surface area contributed by atoms with Gasteiger partial charge in [-0.2, -0.15) is 0 Å². The lowest BCUT2D eigenvalue weighted by Crippen LogP contribution is -2.20. The molecular formula is C19H21BrN2O4. The maximum absolute atomic E-state index is 12.8. The first-order valence-corrected chi connectivity index (χ1v) is 9.48. The highest BCUT2D eigenvalue weighted by Gasteiger charge is 2.25. The van der Waals surface area contributed by atoms with Crippen LogP contribution in [0.25, 0.3) is 0 Å². The molecular weight excluding hydrogens is 400 g/mol. The second kappa shape index (κ2) is 7.61. The SMILES string of the molecule is CCOC(=O)c1cc2c(nc1NC(=O)c1c(C)oc(C)c1Br)CCCC2. The van der Waals surface area contributed by atoms with Crippen LogP contribution in [0, 0.1) is 13.8 Å². The van der Waals surface area contributed by atoms with E-state index in [-0.39, 0.29) is 23.9 Å². The number of amides is 1. The highest BCUT2D eigenvalue weighted by atomic mass is 79.9. The van der Waals surface area contributed by atoms with Crippen molar-refractivity contribution in [1.29, 1.82) is 0 Å². The van der Waals surface area contributed by atoms with Gasteiger partial charge >= 0.3 is 5.97 Å². The third-order valence-corrected chi connectivity index (χ3v) is 5.40. The minimum atomic E-state index is -0.483. The van der Waals surface area contributed by atoms with Gasteiger partial charge in [-0.3, -0.25) is 4.79 Å². The molecule has 1 amide bonds. The van der Waals surface area contributed by atoms with Crippen molar-refractivity contribution >= 4 is 33.6 Å². The third-order valence-electron chi connectivity index (χ3n) is 4.44. The first kappa shape index (κ1) is 18.6. The molecule has 1 aliphatic rings. The zero-order valence-corrected chi connectivity index (χ0v) is 16.7. The maximum atomic E-state index is 12.8. The lowest BCUT2D eigenvalue weighted by molar-refractivity contribution is 0.0527. The number of nitrogens with zero attached hydrogens (tertiary/aromatic N) is 1. The van der Waals surface area contributed by atoms with Crippen molar-refractivity contribution in [2.24, 2.45) is 0 Å². The Morgan fingerprint density at radius 2 is 2.00 bits per heavy atom. The highest BCUT2D eigenvalue weighted by molar-refractivity contribution is 9.10. The summed E-state index contributed by atoms with van der Waals surface area (Å²) >= 11 is 3.38. The normalized spacial score (nSPS) is 13.2. The van der Waals surface area contributed by atoms with E-state index in [9.17, 15) is 9.59 Å². The molecule has 0 aliphatic heterocycles. The van der Waals surface area contributed by atoms with E-state index in [1.807, 2.05) is 0 Å². The zero-order valence-electron chi connectivity index (χ0n) is 15.1. The smallest absolute Gasteiger partial charge is 0.341 e. The molecule has 2 aromatic heterocycles. The van der Waals surface area contributed by atoms with Crippen LogP contribution in [0.15, 0.2) is 15.0 Å². The predicted octanol–water partition coefficient (Wildman–Crippen LogP) is 4.36. The Balaban J connectivity index is 1.99. The van der Waals surface area contributed by atoms with Crippen molar-refractivity contribution in [3.05, 3.63) is 44.4 Å². The monoisotopic (exact) mass is 420 g/mol. The number of fused-ring (bicyclic) bond motifs is 1. The van der Waals surface area contributed by atoms with Crippen LogP contribution < -0.4 is 5.32 Å². The van der Waals surface area contributed by atoms with E-state index >= 15 is 0 Å². The lowest BCUT2D eigenvalue weighted by atomic mass is 9.94. The van der Waals surface area contributed by atoms with Crippen molar-refractivity contribution < 1.29 is 18.7 Å². The topological polar surface area (TPSA) is 81.4 Å². The molecule has 0 saturated carbocycles. The number of nitrogens with one attached hydrogen (secondary N) is 1. The lowest BCUT2D eigenvalue weighted by Gasteiger charge is -2.18. The fraction of sp³-hybridized carbons (Fsp3) is 0.421. The van der Waals surface area contributed by atoms with E-state index in [1.165, 1.54) is 0 Å². The Labute approximate surface area is 160 Å². The second-order valence-electron chi connectivity index (χ2n) is 6.28. The van der Waals surface area contributed by atoms with Gasteiger partial charge in [0, 0.05) is 5.69 Å². The Bertz CT molecular complexity index is 873. The summed E-state index contributed by atoms with van der Waals surface area (Å²) in [6.45, 7) is 5.50. The number of hydrogen-bond acceptors (Lipinski definition) is 5. The first-order valence-electron chi connectivity index (χ1n) is 8.69. The van der Waals surface area contributed by atoms with E-state index in [0.717, 1.165) is 36.9 Å². The number of aryl methyl sites for hydroxylation is 4. The number of halogens is 1. The van der Waals surface area contributed by atoms with Crippen LogP contribution in [-0.4, -0.2) is 23.5 Å². The van der Waals surface area contributed by atoms with Gasteiger partial charge in [0.1, 0.15) is 22.9 Å². The average Bonchev–Trinajstić information content (AvgIpc) is 2.86. The Morgan fingerprint density at radius 3 is 2.65 bits per heavy atom. The van der Waals surface area contributed by atoms with E-state index in [0.29, 0.717) is 21.6 Å². The molecule has 0 spiro atoms. The van der Waals surface area contributed by atoms with Gasteiger partial charge in [0.25, 0.3) is 5.91 Å². The fourth-order valence-electron chi connectivity index (χ4n) is 3.18. The molecule has 26 heavy (non-hydrogen) atoms. The summed E-state index contributed by atoms with van der Waals surface area (Å²) < 4.78 is 11.2. The number of pyridine rings is 1. The number of carbonyl (C=O) groups excluding carboxylic acids is 2. The van der Waals surface area contributed by atoms with Gasteiger partial charge in [0.2, 0.25) is 0 Å². The van der Waals surface area contributed by atoms with Gasteiger partial charge in [0.05, 0.1) is 16.6 Å². The molecule has 1 N–H and O–H groups in total. The van der Waals surface area contributed by atoms with Crippen LogP contribution in [0.2, 0.25) is 0 Å². The molecule has 2 aromatic rings. The summed E-state index contributed by atoms with van der Waals surface area (Å²) in [4.78, 5) is 29.7. The third kappa shape index (κ3) is 3.53. The van der Waals surface area contributed by atoms with Crippen LogP contribution in [-0.2, 0) is 17.6 Å². The quantitative estimate of drug-likeness (QED) is 0.742. The summed E-state index contributed by atoms with van der Waals surface area (Å²) in [5, 5.41) is 2.77. The summed E-state index contributed by atoms with van der Waals surface area (Å²) in [7, 11) is 0. The molecule has 3 rings (SSSR count). The van der Waals surface area contributed by atoms with E-state index in [2.05, 4.69) is 26.2 Å². The summed E-state index contributed by atoms with van der Waals surface area (Å²) in [5.41, 5.74) is 2.67. The van der Waals surface area contributed by atoms with Gasteiger partial charge in [-0.1, -0.05) is 0 Å². The van der Waals surface area contributed by atoms with Crippen LogP contribution in [0.1, 0.15) is 63.3 Å². The molecule has 0 unspecified atom stereocenters. The number of hydrogen-bond donors (Lipinski definition) is 1. The molecule has 0 aromatic carbocycles. The van der Waals surface area contributed by atoms with Crippen molar-refractivity contribution in [2.45, 2.75) is 46.5 Å². The number of carbonyl (C=O) groups is 2. The minimum Gasteiger partial charge on any atom is -0.465 e. The second-order valence-corrected chi connectivity index (χ2v) is 7.07. The molecule has 138 valence electrons. The number of rotatable bonds is 4. The highest BCUT2D eigenvalue weighted by Crippen LogP contribution is 2.30. The minimum absolute atomic E-state index is 0.235. The number of furan rings is 1. The summed E-state index contributed by atoms with van der Waals surface area (Å²) in [6, 6.07) is 1.80. The molecule has 0 saturated heterocycles. The van der Waals surface area contributed by atoms with Crippen LogP contribution >= 0.6 is 15.9 Å². The van der Waals surface area contributed by atoms with Gasteiger partial charge in [0.15, 0.2) is 0 Å². The van der Waals surface area contributed by atoms with Crippen molar-refractivity contribution in [1.82, 2.24) is 4.98 Å². The predicted molar refractivity (Wildman–Crippen MR) is 101 cm³/mol. The summed E-state index contributed by atoms with van der Waals surface area (Å²) in [6.07, 6.45) is 3.85. The molecule has 2 heterocycles. The first-order chi connectivity index (χ1) is 12.4. The van der Waals surface area contributed by atoms with Crippen LogP contribution in [0.3, 0.4) is 0 Å². The van der Waals surface area contributed by atoms with Crippen molar-refractivity contribution in [3.63, 3.8) is 0 Å². The van der Waals surface area contributed by atoms with E-state index in [1.54, 1.807) is 26.8 Å². The molecule has 7 heteroatoms. The molecule has 0 atom stereocenters. The maximum Gasteiger partial charge on any atom is 0.341 e. The molecule has 6 nitrogen and oxygen atoms in total. The Hall–Kier alpha value is -2.15.